The lowest BCUT2D eigenvalue weighted by molar-refractivity contribution is 0.0600. The zero-order valence-corrected chi connectivity index (χ0v) is 20.4. The third kappa shape index (κ3) is 5.48. The highest BCUT2D eigenvalue weighted by atomic mass is 32.2. The van der Waals surface area contributed by atoms with Crippen LogP contribution in [0.1, 0.15) is 31.1 Å². The summed E-state index contributed by atoms with van der Waals surface area (Å²) in [5.74, 6) is -1.27. The van der Waals surface area contributed by atoms with E-state index in [2.05, 4.69) is 20.4 Å². The fourth-order valence-electron chi connectivity index (χ4n) is 3.15. The Morgan fingerprint density at radius 3 is 1.69 bits per heavy atom. The summed E-state index contributed by atoms with van der Waals surface area (Å²) in [5.41, 5.74) is 1.93. The number of sulfone groups is 1. The maximum atomic E-state index is 12.6. The lowest BCUT2D eigenvalue weighted by Crippen LogP contribution is -2.14. The van der Waals surface area contributed by atoms with Gasteiger partial charge in [0.2, 0.25) is 14.2 Å². The van der Waals surface area contributed by atoms with Crippen molar-refractivity contribution in [3.63, 3.8) is 0 Å². The van der Waals surface area contributed by atoms with Gasteiger partial charge in [-0.1, -0.05) is 0 Å². The Bertz CT molecular complexity index is 1500. The van der Waals surface area contributed by atoms with Crippen LogP contribution in [0.2, 0.25) is 0 Å². The zero-order chi connectivity index (χ0) is 25.7. The summed E-state index contributed by atoms with van der Waals surface area (Å²) < 4.78 is 29.7. The van der Waals surface area contributed by atoms with Crippen molar-refractivity contribution in [2.45, 2.75) is 9.24 Å². The van der Waals surface area contributed by atoms with E-state index in [4.69, 9.17) is 0 Å². The highest BCUT2D eigenvalue weighted by Gasteiger charge is 2.20. The van der Waals surface area contributed by atoms with Crippen molar-refractivity contribution in [1.82, 2.24) is 4.98 Å². The van der Waals surface area contributed by atoms with Crippen molar-refractivity contribution in [3.05, 3.63) is 101 Å². The molecular weight excluding hydrogens is 502 g/mol. The van der Waals surface area contributed by atoms with Crippen LogP contribution in [0.3, 0.4) is 0 Å². The van der Waals surface area contributed by atoms with Crippen LogP contribution in [0, 0.1) is 0 Å². The summed E-state index contributed by atoms with van der Waals surface area (Å²) in [5, 5.41) is 7.01. The van der Waals surface area contributed by atoms with E-state index >= 15 is 0 Å². The first-order chi connectivity index (χ1) is 17.3. The molecule has 11 heteroatoms. The van der Waals surface area contributed by atoms with E-state index in [1.807, 2.05) is 0 Å². The van der Waals surface area contributed by atoms with Crippen LogP contribution in [-0.4, -0.2) is 38.3 Å². The van der Waals surface area contributed by atoms with Gasteiger partial charge in [0, 0.05) is 34.1 Å². The number of hydrogen-bond acceptors (Lipinski definition) is 8. The number of nitrogens with zero attached hydrogens (tertiary/aromatic N) is 1. The van der Waals surface area contributed by atoms with E-state index in [0.29, 0.717) is 28.1 Å². The molecule has 1 heterocycles. The van der Waals surface area contributed by atoms with E-state index in [0.717, 1.165) is 11.3 Å². The predicted molar refractivity (Wildman–Crippen MR) is 134 cm³/mol. The number of hydrogen-bond donors (Lipinski definition) is 2. The Morgan fingerprint density at radius 2 is 1.22 bits per heavy atom. The van der Waals surface area contributed by atoms with Gasteiger partial charge in [-0.25, -0.2) is 18.2 Å². The number of amides is 2. The van der Waals surface area contributed by atoms with E-state index in [-0.39, 0.29) is 15.1 Å². The molecule has 2 N–H and O–H groups in total. The summed E-state index contributed by atoms with van der Waals surface area (Å²) in [4.78, 5) is 40.5. The molecule has 0 spiro atoms. The van der Waals surface area contributed by atoms with Crippen molar-refractivity contribution in [3.8, 4) is 0 Å². The molecule has 0 bridgehead atoms. The summed E-state index contributed by atoms with van der Waals surface area (Å²) in [6.07, 6.45) is 1.42. The second-order valence-electron chi connectivity index (χ2n) is 7.38. The fourth-order valence-corrected chi connectivity index (χ4v) is 5.37. The number of anilines is 2. The average Bonchev–Trinajstić information content (AvgIpc) is 3.45. The van der Waals surface area contributed by atoms with Crippen LogP contribution in [0.25, 0.3) is 0 Å². The van der Waals surface area contributed by atoms with Gasteiger partial charge < -0.3 is 15.4 Å². The monoisotopic (exact) mass is 521 g/mol. The van der Waals surface area contributed by atoms with Gasteiger partial charge in [0.25, 0.3) is 11.8 Å². The molecule has 36 heavy (non-hydrogen) atoms. The molecule has 0 aliphatic carbocycles. The maximum absolute atomic E-state index is 12.6. The van der Waals surface area contributed by atoms with Crippen LogP contribution in [0.4, 0.5) is 11.4 Å². The number of benzene rings is 3. The molecule has 0 atom stereocenters. The van der Waals surface area contributed by atoms with Crippen LogP contribution in [-0.2, 0) is 14.6 Å². The first kappa shape index (κ1) is 24.8. The lowest BCUT2D eigenvalue weighted by atomic mass is 10.1. The van der Waals surface area contributed by atoms with Crippen LogP contribution in [0.5, 0.6) is 0 Å². The average molecular weight is 522 g/mol. The molecular formula is C25H19N3O6S2. The molecule has 0 fully saturated rings. The number of carbonyl (C=O) groups excluding carboxylic acids is 3. The quantitative estimate of drug-likeness (QED) is 0.347. The Morgan fingerprint density at radius 1 is 0.750 bits per heavy atom. The molecule has 4 aromatic rings. The molecule has 2 amide bonds. The number of ether oxygens (including phenoxy) is 1. The molecule has 182 valence electrons. The van der Waals surface area contributed by atoms with Gasteiger partial charge >= 0.3 is 5.97 Å². The van der Waals surface area contributed by atoms with Gasteiger partial charge in [0.1, 0.15) is 0 Å². The first-order valence-electron chi connectivity index (χ1n) is 10.4. The van der Waals surface area contributed by atoms with E-state index in [9.17, 15) is 22.8 Å². The van der Waals surface area contributed by atoms with Crippen LogP contribution >= 0.6 is 11.3 Å². The van der Waals surface area contributed by atoms with Crippen molar-refractivity contribution in [2.24, 2.45) is 0 Å². The van der Waals surface area contributed by atoms with E-state index in [1.54, 1.807) is 29.6 Å². The molecule has 0 radical (unpaired) electrons. The van der Waals surface area contributed by atoms with Gasteiger partial charge in [-0.05, 0) is 72.8 Å². The SMILES string of the molecule is COC(=O)c1ccc(C(=O)Nc2ccc(C(=O)Nc3ccc(S(=O)(=O)c4nccs4)cc3)cc2)cc1. The molecule has 0 saturated heterocycles. The van der Waals surface area contributed by atoms with Crippen molar-refractivity contribution in [2.75, 3.05) is 17.7 Å². The molecule has 3 aromatic carbocycles. The maximum Gasteiger partial charge on any atom is 0.337 e. The second kappa shape index (κ2) is 10.5. The van der Waals surface area contributed by atoms with Crippen LogP contribution < -0.4 is 10.6 Å². The predicted octanol–water partition coefficient (Wildman–Crippen LogP) is 4.27. The van der Waals surface area contributed by atoms with Crippen LogP contribution in [0.15, 0.2) is 93.6 Å². The molecule has 0 aliphatic heterocycles. The van der Waals surface area contributed by atoms with Crippen molar-refractivity contribution >= 4 is 50.3 Å². The Hall–Kier alpha value is -4.35. The third-order valence-corrected chi connectivity index (χ3v) is 8.00. The lowest BCUT2D eigenvalue weighted by Gasteiger charge is -2.09. The molecule has 1 aromatic heterocycles. The minimum atomic E-state index is -3.70. The number of esters is 1. The van der Waals surface area contributed by atoms with Gasteiger partial charge in [0.05, 0.1) is 17.6 Å². The smallest absolute Gasteiger partial charge is 0.337 e. The largest absolute Gasteiger partial charge is 0.465 e. The number of carbonyl (C=O) groups is 3. The van der Waals surface area contributed by atoms with Crippen molar-refractivity contribution in [1.29, 1.82) is 0 Å². The number of thiazole rings is 1. The highest BCUT2D eigenvalue weighted by Crippen LogP contribution is 2.24. The number of methoxy groups -OCH3 is 1. The Balaban J connectivity index is 1.37. The van der Waals surface area contributed by atoms with E-state index in [1.165, 1.54) is 61.8 Å². The molecule has 4 rings (SSSR count). The molecule has 9 nitrogen and oxygen atoms in total. The molecule has 0 unspecified atom stereocenters. The number of aromatic nitrogens is 1. The first-order valence-corrected chi connectivity index (χ1v) is 12.8. The Kier molecular flexibility index (Phi) is 7.23. The Labute approximate surface area is 210 Å². The van der Waals surface area contributed by atoms with Crippen molar-refractivity contribution < 1.29 is 27.5 Å². The van der Waals surface area contributed by atoms with E-state index < -0.39 is 21.7 Å². The summed E-state index contributed by atoms with van der Waals surface area (Å²) in [7, 11) is -2.42. The molecule has 0 aliphatic rings. The fraction of sp³-hybridized carbons (Fsp3) is 0.0400. The minimum Gasteiger partial charge on any atom is -0.465 e. The minimum absolute atomic E-state index is 0.00433. The van der Waals surface area contributed by atoms with Gasteiger partial charge in [0.15, 0.2) is 0 Å². The summed E-state index contributed by atoms with van der Waals surface area (Å²) in [6.45, 7) is 0. The topological polar surface area (TPSA) is 132 Å². The third-order valence-electron chi connectivity index (χ3n) is 5.04. The van der Waals surface area contributed by atoms with Gasteiger partial charge in [-0.3, -0.25) is 9.59 Å². The summed E-state index contributed by atoms with van der Waals surface area (Å²) in [6, 6.07) is 18.1. The number of rotatable bonds is 7. The summed E-state index contributed by atoms with van der Waals surface area (Å²) >= 11 is 1.03. The van der Waals surface area contributed by atoms with Gasteiger partial charge in [-0.2, -0.15) is 0 Å². The van der Waals surface area contributed by atoms with Gasteiger partial charge in [-0.15, -0.1) is 11.3 Å². The standard InChI is InChI=1S/C25H19N3O6S2/c1-34-24(31)18-4-2-16(3-5-18)22(29)27-19-8-6-17(7-9-19)23(30)28-20-10-12-21(13-11-20)36(32,33)25-26-14-15-35-25/h2-15H,1H3,(H,27,29)(H,28,30). The zero-order valence-electron chi connectivity index (χ0n) is 18.8. The second-order valence-corrected chi connectivity index (χ2v) is 10.4. The highest BCUT2D eigenvalue weighted by molar-refractivity contribution is 7.93. The molecule has 0 saturated carbocycles. The number of nitrogens with one attached hydrogen (secondary N) is 2. The normalized spacial score (nSPS) is 10.9.